The van der Waals surface area contributed by atoms with E-state index in [2.05, 4.69) is 15.3 Å². The first kappa shape index (κ1) is 21.3. The molecule has 2 aromatic carbocycles. The van der Waals surface area contributed by atoms with Gasteiger partial charge in [0.15, 0.2) is 0 Å². The highest BCUT2D eigenvalue weighted by atomic mass is 35.5. The van der Waals surface area contributed by atoms with E-state index in [9.17, 15) is 14.0 Å². The molecule has 1 atom stereocenters. The summed E-state index contributed by atoms with van der Waals surface area (Å²) < 4.78 is 13.4. The van der Waals surface area contributed by atoms with Gasteiger partial charge in [0, 0.05) is 30.5 Å². The lowest BCUT2D eigenvalue weighted by Crippen LogP contribution is -2.44. The van der Waals surface area contributed by atoms with Crippen LogP contribution in [0.4, 0.5) is 4.39 Å². The quantitative estimate of drug-likeness (QED) is 0.580. The number of nitrogens with one attached hydrogen (secondary N) is 2. The molecule has 1 fully saturated rings. The summed E-state index contributed by atoms with van der Waals surface area (Å²) in [7, 11) is 1.72. The number of carbonyl (C=O) groups excluding carboxylic acids is 2. The lowest BCUT2D eigenvalue weighted by molar-refractivity contribution is -0.131. The van der Waals surface area contributed by atoms with Gasteiger partial charge in [-0.2, -0.15) is 0 Å². The van der Waals surface area contributed by atoms with E-state index in [1.54, 1.807) is 18.0 Å². The molecular formula is C23H24ClFN4O2. The van der Waals surface area contributed by atoms with Gasteiger partial charge in [0.1, 0.15) is 11.6 Å². The number of hydrogen-bond donors (Lipinski definition) is 2. The average molecular weight is 443 g/mol. The highest BCUT2D eigenvalue weighted by Crippen LogP contribution is 2.30. The van der Waals surface area contributed by atoms with E-state index in [1.165, 1.54) is 12.1 Å². The maximum absolute atomic E-state index is 13.4. The van der Waals surface area contributed by atoms with Crippen molar-refractivity contribution >= 4 is 34.4 Å². The fourth-order valence-corrected chi connectivity index (χ4v) is 4.26. The maximum Gasteiger partial charge on any atom is 0.222 e. The van der Waals surface area contributed by atoms with Crippen molar-refractivity contribution in [1.82, 2.24) is 20.2 Å². The summed E-state index contributed by atoms with van der Waals surface area (Å²) in [6.45, 7) is 0.297. The molecule has 162 valence electrons. The molecule has 1 aliphatic rings. The predicted octanol–water partition coefficient (Wildman–Crippen LogP) is 3.99. The summed E-state index contributed by atoms with van der Waals surface area (Å²) >= 11 is 5.98. The summed E-state index contributed by atoms with van der Waals surface area (Å²) in [6.07, 6.45) is 2.67. The van der Waals surface area contributed by atoms with Crippen molar-refractivity contribution in [3.8, 4) is 0 Å². The fourth-order valence-electron chi connectivity index (χ4n) is 4.13. The molecule has 8 heteroatoms. The number of aromatic amines is 1. The third-order valence-corrected chi connectivity index (χ3v) is 6.07. The van der Waals surface area contributed by atoms with E-state index in [1.807, 2.05) is 24.3 Å². The van der Waals surface area contributed by atoms with E-state index in [-0.39, 0.29) is 17.6 Å². The minimum atomic E-state index is -0.432. The molecule has 31 heavy (non-hydrogen) atoms. The summed E-state index contributed by atoms with van der Waals surface area (Å²) in [5, 5.41) is 3.77. The molecule has 1 aromatic heterocycles. The molecular weight excluding hydrogens is 419 g/mol. The number of hydrogen-bond acceptors (Lipinski definition) is 3. The molecule has 4 rings (SSSR count). The average Bonchev–Trinajstić information content (AvgIpc) is 3.30. The van der Waals surface area contributed by atoms with Crippen LogP contribution in [0.1, 0.15) is 37.1 Å². The van der Waals surface area contributed by atoms with Crippen LogP contribution in [0.5, 0.6) is 0 Å². The van der Waals surface area contributed by atoms with Crippen molar-refractivity contribution < 1.29 is 14.0 Å². The second-order valence-electron chi connectivity index (χ2n) is 8.23. The van der Waals surface area contributed by atoms with Crippen molar-refractivity contribution in [1.29, 1.82) is 0 Å². The number of fused-ring (bicyclic) bond motifs is 1. The van der Waals surface area contributed by atoms with Crippen LogP contribution >= 0.6 is 11.6 Å². The molecule has 0 bridgehead atoms. The zero-order valence-electron chi connectivity index (χ0n) is 17.3. The third kappa shape index (κ3) is 5.05. The Kier molecular flexibility index (Phi) is 5.96. The molecule has 3 aromatic rings. The van der Waals surface area contributed by atoms with Gasteiger partial charge in [-0.25, -0.2) is 9.37 Å². The molecule has 1 aliphatic heterocycles. The van der Waals surface area contributed by atoms with Crippen LogP contribution in [-0.4, -0.2) is 39.3 Å². The van der Waals surface area contributed by atoms with Gasteiger partial charge in [-0.15, -0.1) is 0 Å². The molecule has 2 N–H and O–H groups in total. The van der Waals surface area contributed by atoms with Crippen LogP contribution in [0, 0.1) is 5.82 Å². The van der Waals surface area contributed by atoms with E-state index >= 15 is 0 Å². The Bertz CT molecular complexity index is 1110. The Hall–Kier alpha value is -2.93. The van der Waals surface area contributed by atoms with Crippen molar-refractivity contribution in [3.05, 3.63) is 64.7 Å². The van der Waals surface area contributed by atoms with Crippen molar-refractivity contribution in [2.24, 2.45) is 0 Å². The highest BCUT2D eigenvalue weighted by molar-refractivity contribution is 6.30. The van der Waals surface area contributed by atoms with Crippen LogP contribution in [-0.2, 0) is 22.6 Å². The first-order chi connectivity index (χ1) is 14.8. The SMILES string of the molecule is CN(Cc1nc2ccc(F)cc2[nH]1)C(=O)CC[C@@]1(Cc2ccc(Cl)cc2)CCC(=O)N1. The Balaban J connectivity index is 1.39. The molecule has 2 heterocycles. The second kappa shape index (κ2) is 8.67. The minimum absolute atomic E-state index is 0.0178. The molecule has 0 aliphatic carbocycles. The van der Waals surface area contributed by atoms with Gasteiger partial charge in [0.2, 0.25) is 11.8 Å². The lowest BCUT2D eigenvalue weighted by Gasteiger charge is -2.30. The van der Waals surface area contributed by atoms with Crippen LogP contribution in [0.15, 0.2) is 42.5 Å². The highest BCUT2D eigenvalue weighted by Gasteiger charge is 2.38. The number of aromatic nitrogens is 2. The summed E-state index contributed by atoms with van der Waals surface area (Å²) in [6, 6.07) is 11.9. The van der Waals surface area contributed by atoms with Crippen molar-refractivity contribution in [2.45, 2.75) is 44.2 Å². The van der Waals surface area contributed by atoms with Gasteiger partial charge in [-0.1, -0.05) is 23.7 Å². The zero-order valence-corrected chi connectivity index (χ0v) is 18.0. The normalized spacial score (nSPS) is 18.4. The number of rotatable bonds is 7. The molecule has 1 saturated heterocycles. The van der Waals surface area contributed by atoms with Gasteiger partial charge in [0.05, 0.1) is 17.6 Å². The number of H-pyrrole nitrogens is 1. The fraction of sp³-hybridized carbons (Fsp3) is 0.348. The smallest absolute Gasteiger partial charge is 0.222 e. The van der Waals surface area contributed by atoms with Crippen molar-refractivity contribution in [3.63, 3.8) is 0 Å². The zero-order chi connectivity index (χ0) is 22.0. The second-order valence-corrected chi connectivity index (χ2v) is 8.66. The molecule has 2 amide bonds. The Morgan fingerprint density at radius 1 is 1.26 bits per heavy atom. The first-order valence-electron chi connectivity index (χ1n) is 10.3. The van der Waals surface area contributed by atoms with Crippen LogP contribution < -0.4 is 5.32 Å². The Labute approximate surface area is 184 Å². The lowest BCUT2D eigenvalue weighted by atomic mass is 9.85. The summed E-state index contributed by atoms with van der Waals surface area (Å²) in [5.74, 6) is 0.241. The Morgan fingerprint density at radius 3 is 2.74 bits per heavy atom. The number of halogens is 2. The number of imidazole rings is 1. The topological polar surface area (TPSA) is 78.1 Å². The van der Waals surface area contributed by atoms with E-state index in [4.69, 9.17) is 11.6 Å². The molecule has 0 saturated carbocycles. The van der Waals surface area contributed by atoms with Gasteiger partial charge in [-0.3, -0.25) is 9.59 Å². The molecule has 0 unspecified atom stereocenters. The van der Waals surface area contributed by atoms with Crippen LogP contribution in [0.25, 0.3) is 11.0 Å². The minimum Gasteiger partial charge on any atom is -0.350 e. The van der Waals surface area contributed by atoms with Crippen LogP contribution in [0.2, 0.25) is 5.02 Å². The largest absolute Gasteiger partial charge is 0.350 e. The van der Waals surface area contributed by atoms with Crippen molar-refractivity contribution in [2.75, 3.05) is 7.05 Å². The standard InChI is InChI=1S/C23H24ClFN4O2/c1-29(14-20-26-18-7-6-17(25)12-19(18)27-20)22(31)9-11-23(10-8-21(30)28-23)13-15-2-4-16(24)5-3-15/h2-7,12H,8-11,13-14H2,1H3,(H,26,27)(H,28,30)/t23-/m1/s1. The first-order valence-corrected chi connectivity index (χ1v) is 10.6. The number of nitrogens with zero attached hydrogens (tertiary/aromatic N) is 2. The number of benzene rings is 2. The van der Waals surface area contributed by atoms with Gasteiger partial charge >= 0.3 is 0 Å². The van der Waals surface area contributed by atoms with Gasteiger partial charge in [0.25, 0.3) is 0 Å². The number of amides is 2. The molecule has 0 spiro atoms. The third-order valence-electron chi connectivity index (χ3n) is 5.81. The molecule has 0 radical (unpaired) electrons. The van der Waals surface area contributed by atoms with E-state index < -0.39 is 5.54 Å². The summed E-state index contributed by atoms with van der Waals surface area (Å²) in [5.41, 5.74) is 1.90. The molecule has 6 nitrogen and oxygen atoms in total. The van der Waals surface area contributed by atoms with E-state index in [0.29, 0.717) is 60.5 Å². The summed E-state index contributed by atoms with van der Waals surface area (Å²) in [4.78, 5) is 33.8. The van der Waals surface area contributed by atoms with E-state index in [0.717, 1.165) is 5.56 Å². The van der Waals surface area contributed by atoms with Crippen LogP contribution in [0.3, 0.4) is 0 Å². The maximum atomic E-state index is 13.4. The monoisotopic (exact) mass is 442 g/mol. The van der Waals surface area contributed by atoms with Gasteiger partial charge in [-0.05, 0) is 55.2 Å². The number of carbonyl (C=O) groups is 2. The predicted molar refractivity (Wildman–Crippen MR) is 117 cm³/mol. The van der Waals surface area contributed by atoms with Gasteiger partial charge < -0.3 is 15.2 Å². The Morgan fingerprint density at radius 2 is 2.03 bits per heavy atom.